The predicted octanol–water partition coefficient (Wildman–Crippen LogP) is 2.96. The summed E-state index contributed by atoms with van der Waals surface area (Å²) < 4.78 is 5.09. The van der Waals surface area contributed by atoms with Gasteiger partial charge in [-0.15, -0.1) is 0 Å². The van der Waals surface area contributed by atoms with Gasteiger partial charge in [-0.25, -0.2) is 0 Å². The number of methoxy groups -OCH3 is 1. The maximum absolute atomic E-state index is 5.09. The second-order valence-electron chi connectivity index (χ2n) is 5.60. The zero-order valence-corrected chi connectivity index (χ0v) is 11.9. The molecule has 1 saturated carbocycles. The Morgan fingerprint density at radius 2 is 2.00 bits per heavy atom. The highest BCUT2D eigenvalue weighted by atomic mass is 16.5. The lowest BCUT2D eigenvalue weighted by Crippen LogP contribution is -2.44. The molecule has 0 unspecified atom stereocenters. The Morgan fingerprint density at radius 3 is 2.56 bits per heavy atom. The molecule has 2 heteroatoms. The molecule has 0 spiro atoms. The fraction of sp³-hybridized carbons (Fsp3) is 0.625. The average molecular weight is 247 g/mol. The van der Waals surface area contributed by atoms with Crippen LogP contribution in [0.5, 0.6) is 0 Å². The van der Waals surface area contributed by atoms with Crippen molar-refractivity contribution in [3.8, 4) is 0 Å². The highest BCUT2D eigenvalue weighted by Gasteiger charge is 2.38. The second-order valence-corrected chi connectivity index (χ2v) is 5.60. The summed E-state index contributed by atoms with van der Waals surface area (Å²) in [6.07, 6.45) is 3.99. The Balaban J connectivity index is 2.04. The Morgan fingerprint density at radius 1 is 1.22 bits per heavy atom. The highest BCUT2D eigenvalue weighted by molar-refractivity contribution is 5.36. The summed E-state index contributed by atoms with van der Waals surface area (Å²) in [6.45, 7) is 7.22. The highest BCUT2D eigenvalue weighted by Crippen LogP contribution is 2.43. The van der Waals surface area contributed by atoms with Crippen LogP contribution in [0.3, 0.4) is 0 Å². The van der Waals surface area contributed by atoms with E-state index in [2.05, 4.69) is 37.4 Å². The van der Waals surface area contributed by atoms with E-state index in [0.29, 0.717) is 5.41 Å². The van der Waals surface area contributed by atoms with Gasteiger partial charge < -0.3 is 10.1 Å². The predicted molar refractivity (Wildman–Crippen MR) is 76.2 cm³/mol. The van der Waals surface area contributed by atoms with Crippen molar-refractivity contribution in [3.05, 3.63) is 34.9 Å². The van der Waals surface area contributed by atoms with E-state index in [-0.39, 0.29) is 0 Å². The van der Waals surface area contributed by atoms with Crippen molar-refractivity contribution in [1.29, 1.82) is 0 Å². The third-order valence-corrected chi connectivity index (χ3v) is 4.38. The van der Waals surface area contributed by atoms with E-state index in [1.165, 1.54) is 36.0 Å². The van der Waals surface area contributed by atoms with Crippen LogP contribution in [0.25, 0.3) is 0 Å². The first-order valence-corrected chi connectivity index (χ1v) is 6.95. The summed E-state index contributed by atoms with van der Waals surface area (Å²) in [5, 5.41) is 3.54. The van der Waals surface area contributed by atoms with E-state index < -0.39 is 0 Å². The first-order chi connectivity index (χ1) is 8.68. The maximum Gasteiger partial charge on any atom is 0.0587 e. The molecule has 0 aliphatic heterocycles. The number of rotatable bonds is 6. The molecule has 0 heterocycles. The van der Waals surface area contributed by atoms with Gasteiger partial charge in [0.25, 0.3) is 0 Å². The number of ether oxygens (including phenoxy) is 1. The first kappa shape index (κ1) is 13.6. The van der Waals surface area contributed by atoms with Gasteiger partial charge in [0.05, 0.1) is 6.61 Å². The Kier molecular flexibility index (Phi) is 4.41. The van der Waals surface area contributed by atoms with Gasteiger partial charge in [-0.3, -0.25) is 0 Å². The van der Waals surface area contributed by atoms with E-state index in [0.717, 1.165) is 19.7 Å². The quantitative estimate of drug-likeness (QED) is 0.780. The number of nitrogens with one attached hydrogen (secondary N) is 1. The van der Waals surface area contributed by atoms with Gasteiger partial charge in [-0.2, -0.15) is 0 Å². The van der Waals surface area contributed by atoms with E-state index >= 15 is 0 Å². The van der Waals surface area contributed by atoms with Crippen LogP contribution in [0.15, 0.2) is 18.2 Å². The van der Waals surface area contributed by atoms with Crippen LogP contribution in [0.4, 0.5) is 0 Å². The largest absolute Gasteiger partial charge is 0.383 e. The zero-order chi connectivity index (χ0) is 13.0. The molecule has 1 aromatic carbocycles. The molecule has 1 fully saturated rings. The average Bonchev–Trinajstić information content (AvgIpc) is 2.31. The minimum Gasteiger partial charge on any atom is -0.383 e. The lowest BCUT2D eigenvalue weighted by molar-refractivity contribution is 0.185. The molecule has 0 aromatic heterocycles. The van der Waals surface area contributed by atoms with Gasteiger partial charge >= 0.3 is 0 Å². The summed E-state index contributed by atoms with van der Waals surface area (Å²) >= 11 is 0. The van der Waals surface area contributed by atoms with Crippen LogP contribution in [-0.2, 0) is 10.2 Å². The lowest BCUT2D eigenvalue weighted by atomic mass is 9.64. The SMILES string of the molecule is COCCNCC1(c2ccc(C)c(C)c2)CCC1. The Bertz CT molecular complexity index is 396. The summed E-state index contributed by atoms with van der Waals surface area (Å²) in [5.41, 5.74) is 4.70. The van der Waals surface area contributed by atoms with Crippen LogP contribution in [0, 0.1) is 13.8 Å². The Labute approximate surface area is 111 Å². The van der Waals surface area contributed by atoms with E-state index in [1.54, 1.807) is 7.11 Å². The minimum absolute atomic E-state index is 0.381. The smallest absolute Gasteiger partial charge is 0.0587 e. The zero-order valence-electron chi connectivity index (χ0n) is 11.9. The van der Waals surface area contributed by atoms with Gasteiger partial charge in [0.1, 0.15) is 0 Å². The molecule has 1 aliphatic rings. The number of hydrogen-bond donors (Lipinski definition) is 1. The molecule has 1 N–H and O–H groups in total. The Hall–Kier alpha value is -0.860. The van der Waals surface area contributed by atoms with Crippen LogP contribution < -0.4 is 5.32 Å². The maximum atomic E-state index is 5.09. The summed E-state index contributed by atoms with van der Waals surface area (Å²) in [4.78, 5) is 0. The van der Waals surface area contributed by atoms with Crippen molar-refractivity contribution in [1.82, 2.24) is 5.32 Å². The summed E-state index contributed by atoms with van der Waals surface area (Å²) in [5.74, 6) is 0. The molecular formula is C16H25NO. The molecule has 1 aliphatic carbocycles. The summed E-state index contributed by atoms with van der Waals surface area (Å²) in [6, 6.07) is 6.96. The van der Waals surface area contributed by atoms with Crippen molar-refractivity contribution >= 4 is 0 Å². The molecule has 0 amide bonds. The lowest BCUT2D eigenvalue weighted by Gasteiger charge is -2.43. The molecular weight excluding hydrogens is 222 g/mol. The second kappa shape index (κ2) is 5.85. The third kappa shape index (κ3) is 2.76. The van der Waals surface area contributed by atoms with E-state index in [4.69, 9.17) is 4.74 Å². The monoisotopic (exact) mass is 247 g/mol. The normalized spacial score (nSPS) is 17.5. The molecule has 1 aromatic rings. The van der Waals surface area contributed by atoms with Crippen LogP contribution in [0.2, 0.25) is 0 Å². The van der Waals surface area contributed by atoms with Gasteiger partial charge in [-0.05, 0) is 43.4 Å². The van der Waals surface area contributed by atoms with Crippen molar-refractivity contribution in [2.45, 2.75) is 38.5 Å². The molecule has 0 bridgehead atoms. The molecule has 0 atom stereocenters. The topological polar surface area (TPSA) is 21.3 Å². The summed E-state index contributed by atoms with van der Waals surface area (Å²) in [7, 11) is 1.75. The molecule has 0 saturated heterocycles. The standard InChI is InChI=1S/C16H25NO/c1-13-5-6-15(11-14(13)2)16(7-4-8-16)12-17-9-10-18-3/h5-6,11,17H,4,7-10,12H2,1-3H3. The van der Waals surface area contributed by atoms with Crippen molar-refractivity contribution in [2.75, 3.05) is 26.8 Å². The van der Waals surface area contributed by atoms with Gasteiger partial charge in [0.15, 0.2) is 0 Å². The molecule has 100 valence electrons. The molecule has 0 radical (unpaired) electrons. The number of hydrogen-bond acceptors (Lipinski definition) is 2. The van der Waals surface area contributed by atoms with Gasteiger partial charge in [-0.1, -0.05) is 24.6 Å². The van der Waals surface area contributed by atoms with Crippen LogP contribution >= 0.6 is 0 Å². The molecule has 2 rings (SSSR count). The van der Waals surface area contributed by atoms with E-state index in [1.807, 2.05) is 0 Å². The van der Waals surface area contributed by atoms with Crippen molar-refractivity contribution in [2.24, 2.45) is 0 Å². The van der Waals surface area contributed by atoms with Crippen LogP contribution in [-0.4, -0.2) is 26.8 Å². The molecule has 2 nitrogen and oxygen atoms in total. The number of benzene rings is 1. The van der Waals surface area contributed by atoms with E-state index in [9.17, 15) is 0 Å². The fourth-order valence-electron chi connectivity index (χ4n) is 2.74. The van der Waals surface area contributed by atoms with Gasteiger partial charge in [0.2, 0.25) is 0 Å². The van der Waals surface area contributed by atoms with Gasteiger partial charge in [0, 0.05) is 25.6 Å². The third-order valence-electron chi connectivity index (χ3n) is 4.38. The molecule has 18 heavy (non-hydrogen) atoms. The number of aryl methyl sites for hydroxylation is 2. The fourth-order valence-corrected chi connectivity index (χ4v) is 2.74. The van der Waals surface area contributed by atoms with Crippen molar-refractivity contribution < 1.29 is 4.74 Å². The first-order valence-electron chi connectivity index (χ1n) is 6.95. The van der Waals surface area contributed by atoms with Crippen molar-refractivity contribution in [3.63, 3.8) is 0 Å². The van der Waals surface area contributed by atoms with Crippen LogP contribution in [0.1, 0.15) is 36.0 Å². The minimum atomic E-state index is 0.381.